The summed E-state index contributed by atoms with van der Waals surface area (Å²) in [4.78, 5) is 0.178. The number of ether oxygens (including phenoxy) is 1. The van der Waals surface area contributed by atoms with Crippen LogP contribution >= 0.6 is 15.9 Å². The van der Waals surface area contributed by atoms with E-state index in [4.69, 9.17) is 10.5 Å². The molecule has 0 aliphatic heterocycles. The van der Waals surface area contributed by atoms with Gasteiger partial charge in [0.15, 0.2) is 0 Å². The molecular weight excluding hydrogens is 368 g/mol. The second-order valence-electron chi connectivity index (χ2n) is 5.91. The van der Waals surface area contributed by atoms with Crippen molar-refractivity contribution in [2.75, 3.05) is 13.7 Å². The Morgan fingerprint density at radius 2 is 2.18 bits per heavy atom. The first-order valence-corrected chi connectivity index (χ1v) is 9.70. The highest BCUT2D eigenvalue weighted by Crippen LogP contribution is 2.35. The molecule has 7 heteroatoms. The first-order valence-electron chi connectivity index (χ1n) is 7.42. The Bertz CT molecular complexity index is 636. The third-order valence-electron chi connectivity index (χ3n) is 4.58. The van der Waals surface area contributed by atoms with Crippen LogP contribution in [0.1, 0.15) is 32.6 Å². The van der Waals surface area contributed by atoms with Crippen molar-refractivity contribution in [1.29, 1.82) is 0 Å². The molecule has 124 valence electrons. The molecule has 1 aromatic carbocycles. The summed E-state index contributed by atoms with van der Waals surface area (Å²) < 4.78 is 34.2. The summed E-state index contributed by atoms with van der Waals surface area (Å²) in [6.07, 6.45) is 3.86. The largest absolute Gasteiger partial charge is 0.497 e. The number of sulfonamides is 1. The molecule has 1 aliphatic rings. The van der Waals surface area contributed by atoms with Gasteiger partial charge in [0.25, 0.3) is 0 Å². The number of hydrogen-bond donors (Lipinski definition) is 2. The molecule has 1 saturated carbocycles. The number of halogens is 1. The first-order chi connectivity index (χ1) is 10.3. The van der Waals surface area contributed by atoms with Crippen molar-refractivity contribution >= 4 is 26.0 Å². The summed E-state index contributed by atoms with van der Waals surface area (Å²) >= 11 is 3.31. The average Bonchev–Trinajstić information content (AvgIpc) is 2.50. The minimum Gasteiger partial charge on any atom is -0.497 e. The number of nitrogens with one attached hydrogen (secondary N) is 1. The molecule has 0 saturated heterocycles. The highest BCUT2D eigenvalue weighted by atomic mass is 79.9. The van der Waals surface area contributed by atoms with Crippen molar-refractivity contribution < 1.29 is 13.2 Å². The fourth-order valence-electron chi connectivity index (χ4n) is 3.05. The van der Waals surface area contributed by atoms with Crippen LogP contribution in [0.5, 0.6) is 5.75 Å². The zero-order chi connectivity index (χ0) is 16.4. The molecule has 0 amide bonds. The summed E-state index contributed by atoms with van der Waals surface area (Å²) in [5, 5.41) is 0. The van der Waals surface area contributed by atoms with E-state index in [1.165, 1.54) is 13.2 Å². The molecule has 1 aliphatic carbocycles. The van der Waals surface area contributed by atoms with Crippen LogP contribution in [-0.4, -0.2) is 27.6 Å². The monoisotopic (exact) mass is 390 g/mol. The smallest absolute Gasteiger partial charge is 0.242 e. The molecule has 1 fully saturated rings. The molecule has 22 heavy (non-hydrogen) atoms. The Morgan fingerprint density at radius 3 is 2.77 bits per heavy atom. The number of hydrogen-bond acceptors (Lipinski definition) is 4. The van der Waals surface area contributed by atoms with Crippen LogP contribution in [0.15, 0.2) is 27.6 Å². The van der Waals surface area contributed by atoms with Gasteiger partial charge in [0.05, 0.1) is 12.0 Å². The molecule has 3 N–H and O–H groups in total. The molecule has 0 heterocycles. The standard InChI is InChI=1S/C15H23BrN2O3S/c1-11-5-3-4-8-15(11,10-17)18-22(19,20)14-9-12(21-2)6-7-13(14)16/h6-7,9,11,18H,3-5,8,10,17H2,1-2H3. The van der Waals surface area contributed by atoms with Crippen molar-refractivity contribution in [3.8, 4) is 5.75 Å². The van der Waals surface area contributed by atoms with E-state index in [9.17, 15) is 8.42 Å². The molecule has 5 nitrogen and oxygen atoms in total. The van der Waals surface area contributed by atoms with E-state index in [0.29, 0.717) is 16.8 Å². The van der Waals surface area contributed by atoms with Gasteiger partial charge in [-0.15, -0.1) is 0 Å². The third kappa shape index (κ3) is 3.48. The van der Waals surface area contributed by atoms with Gasteiger partial charge in [0, 0.05) is 22.6 Å². The average molecular weight is 391 g/mol. The lowest BCUT2D eigenvalue weighted by molar-refractivity contribution is 0.191. The highest BCUT2D eigenvalue weighted by Gasteiger charge is 2.41. The van der Waals surface area contributed by atoms with Gasteiger partial charge < -0.3 is 10.5 Å². The van der Waals surface area contributed by atoms with Crippen molar-refractivity contribution in [2.45, 2.75) is 43.0 Å². The van der Waals surface area contributed by atoms with Crippen LogP contribution in [0, 0.1) is 5.92 Å². The van der Waals surface area contributed by atoms with E-state index in [1.54, 1.807) is 12.1 Å². The zero-order valence-electron chi connectivity index (χ0n) is 12.9. The predicted molar refractivity (Wildman–Crippen MR) is 90.4 cm³/mol. The van der Waals surface area contributed by atoms with E-state index in [1.807, 2.05) is 0 Å². The molecule has 1 aromatic rings. The van der Waals surface area contributed by atoms with Gasteiger partial charge in [-0.2, -0.15) is 0 Å². The number of nitrogens with two attached hydrogens (primary N) is 1. The van der Waals surface area contributed by atoms with Crippen LogP contribution in [0.3, 0.4) is 0 Å². The minimum absolute atomic E-state index is 0.178. The lowest BCUT2D eigenvalue weighted by atomic mass is 9.74. The molecular formula is C15H23BrN2O3S. The van der Waals surface area contributed by atoms with Gasteiger partial charge in [-0.05, 0) is 46.8 Å². The van der Waals surface area contributed by atoms with E-state index in [-0.39, 0.29) is 10.8 Å². The van der Waals surface area contributed by atoms with E-state index < -0.39 is 15.6 Å². The maximum Gasteiger partial charge on any atom is 0.242 e. The second kappa shape index (κ2) is 6.86. The zero-order valence-corrected chi connectivity index (χ0v) is 15.3. The van der Waals surface area contributed by atoms with Crippen LogP contribution in [0.2, 0.25) is 0 Å². The predicted octanol–water partition coefficient (Wildman–Crippen LogP) is 2.64. The Balaban J connectivity index is 2.38. The molecule has 0 radical (unpaired) electrons. The maximum absolute atomic E-state index is 12.8. The first kappa shape index (κ1) is 17.7. The van der Waals surface area contributed by atoms with Crippen LogP contribution < -0.4 is 15.2 Å². The van der Waals surface area contributed by atoms with Gasteiger partial charge in [0.2, 0.25) is 10.0 Å². The summed E-state index contributed by atoms with van der Waals surface area (Å²) in [7, 11) is -2.17. The molecule has 0 aromatic heterocycles. The van der Waals surface area contributed by atoms with Crippen molar-refractivity contribution in [1.82, 2.24) is 4.72 Å². The quantitative estimate of drug-likeness (QED) is 0.809. The van der Waals surface area contributed by atoms with Crippen molar-refractivity contribution in [3.05, 3.63) is 22.7 Å². The maximum atomic E-state index is 12.8. The summed E-state index contributed by atoms with van der Waals surface area (Å²) in [5.41, 5.74) is 5.37. The number of methoxy groups -OCH3 is 1. The van der Waals surface area contributed by atoms with Gasteiger partial charge in [0.1, 0.15) is 5.75 Å². The summed E-state index contributed by atoms with van der Waals surface area (Å²) in [6, 6.07) is 4.90. The molecule has 0 bridgehead atoms. The normalized spacial score (nSPS) is 25.9. The van der Waals surface area contributed by atoms with Gasteiger partial charge in [-0.1, -0.05) is 19.8 Å². The molecule has 0 spiro atoms. The summed E-state index contributed by atoms with van der Waals surface area (Å²) in [6.45, 7) is 2.37. The topological polar surface area (TPSA) is 81.4 Å². The van der Waals surface area contributed by atoms with E-state index >= 15 is 0 Å². The van der Waals surface area contributed by atoms with Crippen LogP contribution in [0.4, 0.5) is 0 Å². The Morgan fingerprint density at radius 1 is 1.45 bits per heavy atom. The molecule has 2 atom stereocenters. The van der Waals surface area contributed by atoms with Crippen LogP contribution in [-0.2, 0) is 10.0 Å². The molecule has 2 rings (SSSR count). The molecule has 2 unspecified atom stereocenters. The minimum atomic E-state index is -3.68. The Labute approximate surface area is 140 Å². The van der Waals surface area contributed by atoms with E-state index in [2.05, 4.69) is 27.6 Å². The van der Waals surface area contributed by atoms with Gasteiger partial charge in [-0.25, -0.2) is 13.1 Å². The van der Waals surface area contributed by atoms with Gasteiger partial charge in [-0.3, -0.25) is 0 Å². The van der Waals surface area contributed by atoms with Crippen LogP contribution in [0.25, 0.3) is 0 Å². The highest BCUT2D eigenvalue weighted by molar-refractivity contribution is 9.10. The third-order valence-corrected chi connectivity index (χ3v) is 7.13. The van der Waals surface area contributed by atoms with E-state index in [0.717, 1.165) is 25.7 Å². The Hall–Kier alpha value is -0.630. The Kier molecular flexibility index (Phi) is 5.53. The SMILES string of the molecule is COc1ccc(Br)c(S(=O)(=O)NC2(CN)CCCCC2C)c1. The fourth-order valence-corrected chi connectivity index (χ4v) is 5.56. The second-order valence-corrected chi connectivity index (χ2v) is 8.41. The summed E-state index contributed by atoms with van der Waals surface area (Å²) in [5.74, 6) is 0.715. The van der Waals surface area contributed by atoms with Crippen molar-refractivity contribution in [2.24, 2.45) is 11.7 Å². The lowest BCUT2D eigenvalue weighted by Crippen LogP contribution is -2.58. The van der Waals surface area contributed by atoms with Gasteiger partial charge >= 0.3 is 0 Å². The fraction of sp³-hybridized carbons (Fsp3) is 0.600. The lowest BCUT2D eigenvalue weighted by Gasteiger charge is -2.42. The number of benzene rings is 1. The van der Waals surface area contributed by atoms with Crippen molar-refractivity contribution in [3.63, 3.8) is 0 Å². The number of rotatable bonds is 5.